The van der Waals surface area contributed by atoms with Crippen molar-refractivity contribution in [1.29, 1.82) is 0 Å². The molecule has 0 saturated heterocycles. The fourth-order valence-electron chi connectivity index (χ4n) is 3.71. The van der Waals surface area contributed by atoms with Crippen LogP contribution >= 0.6 is 0 Å². The van der Waals surface area contributed by atoms with Crippen LogP contribution in [0.5, 0.6) is 17.2 Å². The Morgan fingerprint density at radius 1 is 1.00 bits per heavy atom. The summed E-state index contributed by atoms with van der Waals surface area (Å²) in [6.45, 7) is 0.807. The summed E-state index contributed by atoms with van der Waals surface area (Å²) in [4.78, 5) is 23.0. The first-order valence-corrected chi connectivity index (χ1v) is 10.9. The van der Waals surface area contributed by atoms with Crippen LogP contribution in [0.4, 0.5) is 17.3 Å². The molecule has 0 saturated carbocycles. The number of amides is 1. The minimum absolute atomic E-state index is 0.0149. The van der Waals surface area contributed by atoms with Gasteiger partial charge in [-0.3, -0.25) is 4.79 Å². The van der Waals surface area contributed by atoms with E-state index in [9.17, 15) is 4.79 Å². The van der Waals surface area contributed by atoms with Gasteiger partial charge in [0.2, 0.25) is 5.95 Å². The Kier molecular flexibility index (Phi) is 6.05. The van der Waals surface area contributed by atoms with Gasteiger partial charge in [-0.05, 0) is 48.5 Å². The third-order valence-corrected chi connectivity index (χ3v) is 5.28. The first kappa shape index (κ1) is 21.4. The Hall–Kier alpha value is -4.43. The molecule has 1 amide bonds. The molecule has 1 aliphatic rings. The second kappa shape index (κ2) is 9.60. The van der Waals surface area contributed by atoms with Crippen LogP contribution in [0, 0.1) is 0 Å². The molecule has 2 heterocycles. The number of carbonyl (C=O) groups is 1. The van der Waals surface area contributed by atoms with E-state index < -0.39 is 0 Å². The maximum Gasteiger partial charge on any atom is 0.265 e. The molecular weight excluding hydrogens is 430 g/mol. The normalized spacial score (nSPS) is 12.6. The van der Waals surface area contributed by atoms with Crippen LogP contribution < -0.4 is 25.4 Å². The Morgan fingerprint density at radius 3 is 2.71 bits per heavy atom. The highest BCUT2D eigenvalue weighted by Gasteiger charge is 2.25. The third-order valence-electron chi connectivity index (χ3n) is 5.28. The van der Waals surface area contributed by atoms with Gasteiger partial charge >= 0.3 is 0 Å². The topological polar surface area (TPSA) is 103 Å². The molecule has 4 aromatic rings. The molecule has 8 nitrogen and oxygen atoms in total. The summed E-state index contributed by atoms with van der Waals surface area (Å²) < 4.78 is 11.5. The monoisotopic (exact) mass is 453 g/mol. The second-order valence-electron chi connectivity index (χ2n) is 7.64. The molecule has 3 aromatic carbocycles. The number of anilines is 3. The predicted molar refractivity (Wildman–Crippen MR) is 131 cm³/mol. The van der Waals surface area contributed by atoms with Crippen LogP contribution in [0.15, 0.2) is 85.1 Å². The number of nitrogens with zero attached hydrogens (tertiary/aromatic N) is 3. The minimum Gasteiger partial charge on any atom is -0.482 e. The molecule has 8 heteroatoms. The summed E-state index contributed by atoms with van der Waals surface area (Å²) >= 11 is 0. The van der Waals surface area contributed by atoms with E-state index in [1.54, 1.807) is 11.1 Å². The lowest BCUT2D eigenvalue weighted by molar-refractivity contribution is -0.121. The Labute approximate surface area is 197 Å². The number of rotatable bonds is 7. The Balaban J connectivity index is 1.38. The summed E-state index contributed by atoms with van der Waals surface area (Å²) in [7, 11) is 0. The van der Waals surface area contributed by atoms with E-state index in [1.807, 2.05) is 78.9 Å². The van der Waals surface area contributed by atoms with Crippen molar-refractivity contribution in [3.8, 4) is 28.5 Å². The van der Waals surface area contributed by atoms with Gasteiger partial charge in [0.15, 0.2) is 6.61 Å². The standard InChI is InChI=1S/C26H23N5O3/c27-12-14-31-23-15-18(9-10-24(23)33-17-25(31)32)22-11-13-28-26(30-22)29-19-5-4-8-21(16-19)34-20-6-2-1-3-7-20/h1-11,13,15-16H,12,14,17,27H2,(H,28,29,30). The van der Waals surface area contributed by atoms with E-state index in [0.717, 1.165) is 17.0 Å². The zero-order valence-electron chi connectivity index (χ0n) is 18.3. The maximum absolute atomic E-state index is 12.3. The summed E-state index contributed by atoms with van der Waals surface area (Å²) in [5.74, 6) is 2.44. The zero-order valence-corrected chi connectivity index (χ0v) is 18.3. The van der Waals surface area contributed by atoms with Gasteiger partial charge in [0.05, 0.1) is 11.4 Å². The predicted octanol–water partition coefficient (Wildman–Crippen LogP) is 4.36. The molecule has 170 valence electrons. The number of hydrogen-bond acceptors (Lipinski definition) is 7. The van der Waals surface area contributed by atoms with Gasteiger partial charge in [0.1, 0.15) is 17.2 Å². The van der Waals surface area contributed by atoms with Crippen LogP contribution in [0.1, 0.15) is 0 Å². The quantitative estimate of drug-likeness (QED) is 0.428. The summed E-state index contributed by atoms with van der Waals surface area (Å²) in [5, 5.41) is 3.23. The van der Waals surface area contributed by atoms with E-state index in [1.165, 1.54) is 0 Å². The number of aromatic nitrogens is 2. The smallest absolute Gasteiger partial charge is 0.265 e. The third kappa shape index (κ3) is 4.67. The SMILES string of the molecule is NCCN1C(=O)COc2ccc(-c3ccnc(Nc4cccc(Oc5ccccc5)c4)n3)cc21. The zero-order chi connectivity index (χ0) is 23.3. The number of hydrogen-bond donors (Lipinski definition) is 2. The lowest BCUT2D eigenvalue weighted by Crippen LogP contribution is -2.41. The van der Waals surface area contributed by atoms with Crippen LogP contribution in [0.25, 0.3) is 11.3 Å². The molecule has 0 bridgehead atoms. The molecular formula is C26H23N5O3. The lowest BCUT2D eigenvalue weighted by atomic mass is 10.1. The van der Waals surface area contributed by atoms with Crippen molar-refractivity contribution in [2.75, 3.05) is 29.9 Å². The molecule has 0 spiro atoms. The molecule has 0 fully saturated rings. The highest BCUT2D eigenvalue weighted by atomic mass is 16.5. The van der Waals surface area contributed by atoms with Gasteiger partial charge in [0.25, 0.3) is 5.91 Å². The fraction of sp³-hybridized carbons (Fsp3) is 0.115. The molecule has 3 N–H and O–H groups in total. The van der Waals surface area contributed by atoms with Crippen LogP contribution in [0.3, 0.4) is 0 Å². The summed E-state index contributed by atoms with van der Waals surface area (Å²) in [6, 6.07) is 24.7. The van der Waals surface area contributed by atoms with Crippen molar-refractivity contribution in [2.24, 2.45) is 5.73 Å². The van der Waals surface area contributed by atoms with Crippen molar-refractivity contribution < 1.29 is 14.3 Å². The minimum atomic E-state index is -0.113. The van der Waals surface area contributed by atoms with Gasteiger partial charge in [-0.2, -0.15) is 0 Å². The molecule has 0 atom stereocenters. The van der Waals surface area contributed by atoms with Crippen molar-refractivity contribution in [1.82, 2.24) is 9.97 Å². The highest BCUT2D eigenvalue weighted by molar-refractivity contribution is 5.98. The second-order valence-corrected chi connectivity index (χ2v) is 7.64. The van der Waals surface area contributed by atoms with E-state index in [0.29, 0.717) is 41.9 Å². The molecule has 34 heavy (non-hydrogen) atoms. The molecule has 0 radical (unpaired) electrons. The average molecular weight is 454 g/mol. The van der Waals surface area contributed by atoms with E-state index in [2.05, 4.69) is 15.3 Å². The number of nitrogens with one attached hydrogen (secondary N) is 1. The van der Waals surface area contributed by atoms with Gasteiger partial charge in [-0.25, -0.2) is 9.97 Å². The fourth-order valence-corrected chi connectivity index (χ4v) is 3.71. The number of ether oxygens (including phenoxy) is 2. The molecule has 5 rings (SSSR count). The van der Waals surface area contributed by atoms with Gasteiger partial charge in [0, 0.05) is 36.6 Å². The molecule has 1 aromatic heterocycles. The Bertz CT molecular complexity index is 1310. The number of benzene rings is 3. The number of fused-ring (bicyclic) bond motifs is 1. The van der Waals surface area contributed by atoms with Gasteiger partial charge in [-0.15, -0.1) is 0 Å². The van der Waals surface area contributed by atoms with Crippen LogP contribution in [-0.2, 0) is 4.79 Å². The van der Waals surface area contributed by atoms with E-state index in [4.69, 9.17) is 15.2 Å². The van der Waals surface area contributed by atoms with Crippen molar-refractivity contribution in [3.05, 3.63) is 85.1 Å². The van der Waals surface area contributed by atoms with Gasteiger partial charge < -0.3 is 25.4 Å². The number of para-hydroxylation sites is 1. The number of carbonyl (C=O) groups excluding carboxylic acids is 1. The largest absolute Gasteiger partial charge is 0.482 e. The average Bonchev–Trinajstić information content (AvgIpc) is 2.87. The first-order chi connectivity index (χ1) is 16.7. The van der Waals surface area contributed by atoms with Crippen molar-refractivity contribution in [3.63, 3.8) is 0 Å². The molecule has 0 unspecified atom stereocenters. The first-order valence-electron chi connectivity index (χ1n) is 10.9. The number of nitrogens with two attached hydrogens (primary N) is 1. The van der Waals surface area contributed by atoms with Crippen molar-refractivity contribution in [2.45, 2.75) is 0 Å². The summed E-state index contributed by atoms with van der Waals surface area (Å²) in [5.41, 5.74) is 8.74. The molecule has 0 aliphatic carbocycles. The van der Waals surface area contributed by atoms with Crippen LogP contribution in [0.2, 0.25) is 0 Å². The summed E-state index contributed by atoms with van der Waals surface area (Å²) in [6.07, 6.45) is 1.69. The highest BCUT2D eigenvalue weighted by Crippen LogP contribution is 2.35. The van der Waals surface area contributed by atoms with E-state index >= 15 is 0 Å². The molecule has 1 aliphatic heterocycles. The Morgan fingerprint density at radius 2 is 1.85 bits per heavy atom. The van der Waals surface area contributed by atoms with Gasteiger partial charge in [-0.1, -0.05) is 24.3 Å². The van der Waals surface area contributed by atoms with Crippen molar-refractivity contribution >= 4 is 23.2 Å². The lowest BCUT2D eigenvalue weighted by Gasteiger charge is -2.29. The van der Waals surface area contributed by atoms with E-state index in [-0.39, 0.29) is 12.5 Å². The maximum atomic E-state index is 12.3. The van der Waals surface area contributed by atoms with Crippen LogP contribution in [-0.4, -0.2) is 35.6 Å².